The molecule has 0 radical (unpaired) electrons. The van der Waals surface area contributed by atoms with Crippen molar-refractivity contribution >= 4 is 22.8 Å². The lowest BCUT2D eigenvalue weighted by Gasteiger charge is -2.27. The molecular weight excluding hydrogens is 272 g/mol. The van der Waals surface area contributed by atoms with E-state index in [2.05, 4.69) is 36.9 Å². The zero-order chi connectivity index (χ0) is 13.4. The van der Waals surface area contributed by atoms with Gasteiger partial charge in [-0.1, -0.05) is 0 Å². The second-order valence-electron chi connectivity index (χ2n) is 4.94. The number of hydrogen-bond donors (Lipinski definition) is 0. The van der Waals surface area contributed by atoms with Gasteiger partial charge in [-0.2, -0.15) is 15.9 Å². The predicted molar refractivity (Wildman–Crippen MR) is 78.0 cm³/mol. The molecule has 3 aromatic heterocycles. The van der Waals surface area contributed by atoms with Crippen LogP contribution in [0.15, 0.2) is 23.0 Å². The van der Waals surface area contributed by atoms with E-state index in [9.17, 15) is 0 Å². The number of piperidine rings is 1. The standard InChI is InChI=1S/C13H14N6S/c1-2-5-18(6-3-1)12-13-15-16-17-19(13)11(8-14-12)10-4-7-20-9-10/h4,7-9H,1-3,5-6H2. The summed E-state index contributed by atoms with van der Waals surface area (Å²) >= 11 is 1.66. The van der Waals surface area contributed by atoms with Crippen LogP contribution in [0.4, 0.5) is 5.82 Å². The van der Waals surface area contributed by atoms with Gasteiger partial charge in [-0.3, -0.25) is 0 Å². The Kier molecular flexibility index (Phi) is 2.84. The van der Waals surface area contributed by atoms with Gasteiger partial charge < -0.3 is 4.90 Å². The summed E-state index contributed by atoms with van der Waals surface area (Å²) < 4.78 is 1.79. The number of thiophene rings is 1. The van der Waals surface area contributed by atoms with Crippen LogP contribution >= 0.6 is 11.3 Å². The molecule has 3 aromatic rings. The molecule has 0 bridgehead atoms. The average molecular weight is 286 g/mol. The summed E-state index contributed by atoms with van der Waals surface area (Å²) in [6.45, 7) is 2.07. The quantitative estimate of drug-likeness (QED) is 0.723. The van der Waals surface area contributed by atoms with Crippen LogP contribution in [0.3, 0.4) is 0 Å². The maximum absolute atomic E-state index is 4.63. The Labute approximate surface area is 120 Å². The molecular formula is C13H14N6S. The van der Waals surface area contributed by atoms with Crippen molar-refractivity contribution in [2.45, 2.75) is 19.3 Å². The fraction of sp³-hybridized carbons (Fsp3) is 0.385. The van der Waals surface area contributed by atoms with Crippen LogP contribution in [0.1, 0.15) is 19.3 Å². The molecule has 1 aliphatic heterocycles. The summed E-state index contributed by atoms with van der Waals surface area (Å²) in [6.07, 6.45) is 5.59. The Hall–Kier alpha value is -2.02. The Bertz CT molecular complexity index is 714. The van der Waals surface area contributed by atoms with E-state index in [1.54, 1.807) is 15.9 Å². The molecule has 1 saturated heterocycles. The van der Waals surface area contributed by atoms with Gasteiger partial charge in [-0.05, 0) is 41.1 Å². The highest BCUT2D eigenvalue weighted by molar-refractivity contribution is 7.08. The third-order valence-electron chi connectivity index (χ3n) is 3.68. The summed E-state index contributed by atoms with van der Waals surface area (Å²) in [5, 5.41) is 16.2. The molecule has 0 amide bonds. The molecule has 4 rings (SSSR count). The van der Waals surface area contributed by atoms with E-state index in [-0.39, 0.29) is 0 Å². The summed E-state index contributed by atoms with van der Waals surface area (Å²) in [6, 6.07) is 2.06. The highest BCUT2D eigenvalue weighted by atomic mass is 32.1. The van der Waals surface area contributed by atoms with Gasteiger partial charge in [0.15, 0.2) is 5.82 Å². The van der Waals surface area contributed by atoms with Gasteiger partial charge in [0, 0.05) is 24.0 Å². The van der Waals surface area contributed by atoms with Crippen molar-refractivity contribution in [3.05, 3.63) is 23.0 Å². The van der Waals surface area contributed by atoms with Gasteiger partial charge >= 0.3 is 0 Å². The average Bonchev–Trinajstić information content (AvgIpc) is 3.18. The topological polar surface area (TPSA) is 59.2 Å². The van der Waals surface area contributed by atoms with Crippen LogP contribution < -0.4 is 4.90 Å². The Morgan fingerprint density at radius 1 is 1.15 bits per heavy atom. The molecule has 102 valence electrons. The number of hydrogen-bond acceptors (Lipinski definition) is 6. The third kappa shape index (κ3) is 1.85. The number of tetrazole rings is 1. The zero-order valence-electron chi connectivity index (χ0n) is 10.9. The number of nitrogens with zero attached hydrogens (tertiary/aromatic N) is 6. The minimum absolute atomic E-state index is 0.746. The number of fused-ring (bicyclic) bond motifs is 1. The first-order chi connectivity index (χ1) is 9.93. The van der Waals surface area contributed by atoms with Crippen LogP contribution in [-0.4, -0.2) is 38.1 Å². The van der Waals surface area contributed by atoms with E-state index in [0.29, 0.717) is 0 Å². The van der Waals surface area contributed by atoms with Gasteiger partial charge in [0.05, 0.1) is 11.9 Å². The lowest BCUT2D eigenvalue weighted by Crippen LogP contribution is -2.30. The molecule has 1 fully saturated rings. The highest BCUT2D eigenvalue weighted by Crippen LogP contribution is 2.26. The predicted octanol–water partition coefficient (Wildman–Crippen LogP) is 2.24. The number of rotatable bonds is 2. The smallest absolute Gasteiger partial charge is 0.222 e. The largest absolute Gasteiger partial charge is 0.353 e. The maximum atomic E-state index is 4.63. The van der Waals surface area contributed by atoms with Gasteiger partial charge in [0.1, 0.15) is 0 Å². The molecule has 7 heteroatoms. The molecule has 0 aliphatic carbocycles. The zero-order valence-corrected chi connectivity index (χ0v) is 11.8. The fourth-order valence-electron chi connectivity index (χ4n) is 2.66. The van der Waals surface area contributed by atoms with Crippen LogP contribution in [-0.2, 0) is 0 Å². The van der Waals surface area contributed by atoms with Crippen molar-refractivity contribution in [3.8, 4) is 11.3 Å². The van der Waals surface area contributed by atoms with E-state index in [4.69, 9.17) is 0 Å². The van der Waals surface area contributed by atoms with Gasteiger partial charge in [-0.25, -0.2) is 4.98 Å². The molecule has 1 aliphatic rings. The molecule has 0 unspecified atom stereocenters. The molecule has 6 nitrogen and oxygen atoms in total. The van der Waals surface area contributed by atoms with Crippen molar-refractivity contribution in [2.24, 2.45) is 0 Å². The van der Waals surface area contributed by atoms with E-state index < -0.39 is 0 Å². The molecule has 0 spiro atoms. The van der Waals surface area contributed by atoms with Gasteiger partial charge in [-0.15, -0.1) is 5.10 Å². The molecule has 4 heterocycles. The minimum atomic E-state index is 0.746. The minimum Gasteiger partial charge on any atom is -0.353 e. The van der Waals surface area contributed by atoms with E-state index in [1.165, 1.54) is 19.3 Å². The highest BCUT2D eigenvalue weighted by Gasteiger charge is 2.19. The van der Waals surface area contributed by atoms with Gasteiger partial charge in [0.25, 0.3) is 0 Å². The maximum Gasteiger partial charge on any atom is 0.222 e. The Morgan fingerprint density at radius 3 is 2.85 bits per heavy atom. The number of aromatic nitrogens is 5. The molecule has 0 N–H and O–H groups in total. The second kappa shape index (κ2) is 4.82. The first kappa shape index (κ1) is 11.8. The van der Waals surface area contributed by atoms with Crippen molar-refractivity contribution in [3.63, 3.8) is 0 Å². The van der Waals surface area contributed by atoms with E-state index in [0.717, 1.165) is 35.8 Å². The van der Waals surface area contributed by atoms with Crippen LogP contribution in [0, 0.1) is 0 Å². The summed E-state index contributed by atoms with van der Waals surface area (Å²) in [5.41, 5.74) is 2.78. The van der Waals surface area contributed by atoms with Crippen molar-refractivity contribution in [1.29, 1.82) is 0 Å². The van der Waals surface area contributed by atoms with Crippen molar-refractivity contribution in [1.82, 2.24) is 25.0 Å². The second-order valence-corrected chi connectivity index (χ2v) is 5.72. The monoisotopic (exact) mass is 286 g/mol. The van der Waals surface area contributed by atoms with Crippen molar-refractivity contribution < 1.29 is 0 Å². The normalized spacial score (nSPS) is 15.9. The molecule has 0 saturated carbocycles. The van der Waals surface area contributed by atoms with E-state index in [1.807, 2.05) is 11.6 Å². The summed E-state index contributed by atoms with van der Waals surface area (Å²) in [4.78, 5) is 6.91. The first-order valence-corrected chi connectivity index (χ1v) is 7.72. The van der Waals surface area contributed by atoms with Crippen LogP contribution in [0.2, 0.25) is 0 Å². The van der Waals surface area contributed by atoms with E-state index >= 15 is 0 Å². The Balaban J connectivity index is 1.85. The first-order valence-electron chi connectivity index (χ1n) is 6.78. The van der Waals surface area contributed by atoms with Crippen LogP contribution in [0.25, 0.3) is 16.9 Å². The lowest BCUT2D eigenvalue weighted by atomic mass is 10.1. The summed E-state index contributed by atoms with van der Waals surface area (Å²) in [7, 11) is 0. The third-order valence-corrected chi connectivity index (χ3v) is 4.36. The summed E-state index contributed by atoms with van der Waals surface area (Å²) in [5.74, 6) is 0.897. The molecule has 20 heavy (non-hydrogen) atoms. The SMILES string of the molecule is c1cc(-c2cnc(N3CCCCC3)c3nnnn23)cs1. The van der Waals surface area contributed by atoms with Crippen LogP contribution in [0.5, 0.6) is 0 Å². The molecule has 0 aromatic carbocycles. The number of anilines is 1. The van der Waals surface area contributed by atoms with Crippen molar-refractivity contribution in [2.75, 3.05) is 18.0 Å². The lowest BCUT2D eigenvalue weighted by molar-refractivity contribution is 0.573. The Morgan fingerprint density at radius 2 is 2.05 bits per heavy atom. The fourth-order valence-corrected chi connectivity index (χ4v) is 3.31. The van der Waals surface area contributed by atoms with Gasteiger partial charge in [0.2, 0.25) is 5.65 Å². The molecule has 0 atom stereocenters.